The molecular formula is C29H33NO5. The van der Waals surface area contributed by atoms with Gasteiger partial charge in [-0.05, 0) is 80.4 Å². The largest absolute Gasteiger partial charge is 0.497 e. The van der Waals surface area contributed by atoms with Gasteiger partial charge < -0.3 is 23.4 Å². The van der Waals surface area contributed by atoms with Gasteiger partial charge in [-0.3, -0.25) is 4.90 Å². The Hall–Kier alpha value is -3.48. The first kappa shape index (κ1) is 24.6. The Morgan fingerprint density at radius 3 is 1.66 bits per heavy atom. The summed E-state index contributed by atoms with van der Waals surface area (Å²) in [5.74, 6) is 4.44. The minimum absolute atomic E-state index is 0.274. The molecule has 2 aromatic heterocycles. The van der Waals surface area contributed by atoms with Gasteiger partial charge >= 0.3 is 0 Å². The normalized spacial score (nSPS) is 11.9. The topological polar surface area (TPSA) is 68.2 Å². The minimum Gasteiger partial charge on any atom is -0.497 e. The molecule has 6 heteroatoms. The fraction of sp³-hybridized carbons (Fsp3) is 0.310. The van der Waals surface area contributed by atoms with E-state index in [0.29, 0.717) is 41.5 Å². The summed E-state index contributed by atoms with van der Waals surface area (Å²) < 4.78 is 22.7. The predicted molar refractivity (Wildman–Crippen MR) is 135 cm³/mol. The summed E-state index contributed by atoms with van der Waals surface area (Å²) in [7, 11) is 3.24. The molecular weight excluding hydrogens is 442 g/mol. The van der Waals surface area contributed by atoms with Crippen LogP contribution in [0.5, 0.6) is 11.5 Å². The van der Waals surface area contributed by atoms with Crippen LogP contribution in [0.4, 0.5) is 0 Å². The van der Waals surface area contributed by atoms with Crippen molar-refractivity contribution in [3.05, 3.63) is 107 Å². The van der Waals surface area contributed by atoms with Crippen molar-refractivity contribution < 1.29 is 23.4 Å². The van der Waals surface area contributed by atoms with Gasteiger partial charge in [-0.2, -0.15) is 0 Å². The van der Waals surface area contributed by atoms with Crippen molar-refractivity contribution in [2.45, 2.75) is 45.5 Å². The molecule has 0 atom stereocenters. The third-order valence-electron chi connectivity index (χ3n) is 6.28. The number of hydrogen-bond acceptors (Lipinski definition) is 6. The van der Waals surface area contributed by atoms with Gasteiger partial charge in [0.05, 0.1) is 27.3 Å². The van der Waals surface area contributed by atoms with E-state index in [4.69, 9.17) is 18.3 Å². The zero-order valence-corrected chi connectivity index (χ0v) is 20.9. The Labute approximate surface area is 206 Å². The van der Waals surface area contributed by atoms with Crippen LogP contribution in [-0.4, -0.2) is 30.3 Å². The third kappa shape index (κ3) is 5.29. The Balaban J connectivity index is 1.68. The number of furan rings is 2. The number of nitrogens with zero attached hydrogens (tertiary/aromatic N) is 1. The van der Waals surface area contributed by atoms with Crippen LogP contribution in [0, 0.1) is 6.92 Å². The van der Waals surface area contributed by atoms with Gasteiger partial charge in [-0.15, -0.1) is 0 Å². The van der Waals surface area contributed by atoms with E-state index >= 15 is 0 Å². The van der Waals surface area contributed by atoms with E-state index in [1.165, 1.54) is 0 Å². The average molecular weight is 476 g/mol. The van der Waals surface area contributed by atoms with Crippen molar-refractivity contribution in [2.24, 2.45) is 0 Å². The summed E-state index contributed by atoms with van der Waals surface area (Å²) in [6, 6.07) is 22.8. The zero-order chi connectivity index (χ0) is 25.0. The molecule has 184 valence electrons. The Morgan fingerprint density at radius 2 is 1.23 bits per heavy atom. The second kappa shape index (κ2) is 10.4. The molecule has 0 amide bonds. The van der Waals surface area contributed by atoms with Crippen LogP contribution in [0.3, 0.4) is 0 Å². The van der Waals surface area contributed by atoms with Gasteiger partial charge in [-0.25, -0.2) is 0 Å². The molecule has 0 aliphatic carbocycles. The van der Waals surface area contributed by atoms with Crippen LogP contribution in [-0.2, 0) is 18.7 Å². The molecule has 0 unspecified atom stereocenters. The monoisotopic (exact) mass is 475 g/mol. The predicted octanol–water partition coefficient (Wildman–Crippen LogP) is 5.89. The van der Waals surface area contributed by atoms with Crippen molar-refractivity contribution in [3.8, 4) is 11.5 Å². The lowest BCUT2D eigenvalue weighted by molar-refractivity contribution is 0.0935. The van der Waals surface area contributed by atoms with Gasteiger partial charge in [0.1, 0.15) is 34.5 Å². The molecule has 1 N–H and O–H groups in total. The minimum atomic E-state index is -1.49. The van der Waals surface area contributed by atoms with Gasteiger partial charge in [-0.1, -0.05) is 24.3 Å². The fourth-order valence-corrected chi connectivity index (χ4v) is 4.16. The second-order valence-electron chi connectivity index (χ2n) is 8.94. The fourth-order valence-electron chi connectivity index (χ4n) is 4.16. The molecule has 0 saturated carbocycles. The highest BCUT2D eigenvalue weighted by atomic mass is 16.5. The highest BCUT2D eigenvalue weighted by Crippen LogP contribution is 2.39. The van der Waals surface area contributed by atoms with Crippen LogP contribution >= 0.6 is 0 Å². The third-order valence-corrected chi connectivity index (χ3v) is 6.28. The number of aliphatic hydroxyl groups is 1. The molecule has 0 aliphatic rings. The number of aryl methyl sites for hydroxylation is 1. The van der Waals surface area contributed by atoms with Gasteiger partial charge in [0.25, 0.3) is 0 Å². The van der Waals surface area contributed by atoms with E-state index in [-0.39, 0.29) is 6.04 Å². The van der Waals surface area contributed by atoms with Crippen LogP contribution < -0.4 is 9.47 Å². The molecule has 0 aliphatic heterocycles. The molecule has 4 aromatic rings. The first-order valence-electron chi connectivity index (χ1n) is 11.7. The van der Waals surface area contributed by atoms with Crippen LogP contribution in [0.1, 0.15) is 48.0 Å². The summed E-state index contributed by atoms with van der Waals surface area (Å²) in [6.07, 6.45) is 0. The van der Waals surface area contributed by atoms with Gasteiger partial charge in [0.15, 0.2) is 5.60 Å². The number of ether oxygens (including phenoxy) is 2. The Bertz CT molecular complexity index is 1170. The number of methoxy groups -OCH3 is 2. The molecule has 35 heavy (non-hydrogen) atoms. The lowest BCUT2D eigenvalue weighted by atomic mass is 9.84. The van der Waals surface area contributed by atoms with E-state index in [9.17, 15) is 5.11 Å². The molecule has 0 radical (unpaired) electrons. The van der Waals surface area contributed by atoms with Crippen LogP contribution in [0.15, 0.2) is 81.6 Å². The maximum absolute atomic E-state index is 12.1. The van der Waals surface area contributed by atoms with Crippen molar-refractivity contribution in [1.82, 2.24) is 4.90 Å². The lowest BCUT2D eigenvalue weighted by Crippen LogP contribution is -2.30. The maximum atomic E-state index is 12.1. The number of hydrogen-bond donors (Lipinski definition) is 1. The van der Waals surface area contributed by atoms with E-state index in [1.807, 2.05) is 79.7 Å². The van der Waals surface area contributed by atoms with E-state index in [0.717, 1.165) is 17.3 Å². The lowest BCUT2D eigenvalue weighted by Gasteiger charge is -2.28. The number of rotatable bonds is 10. The highest BCUT2D eigenvalue weighted by Gasteiger charge is 2.37. The quantitative estimate of drug-likeness (QED) is 0.308. The Kier molecular flexibility index (Phi) is 7.34. The van der Waals surface area contributed by atoms with E-state index in [1.54, 1.807) is 14.2 Å². The Morgan fingerprint density at radius 1 is 0.743 bits per heavy atom. The second-order valence-corrected chi connectivity index (χ2v) is 8.94. The highest BCUT2D eigenvalue weighted by molar-refractivity contribution is 5.46. The standard InChI is InChI=1S/C29H33NO5/c1-20(2)30(18-26-11-6-21(3)34-26)19-27-16-17-28(35-27)29(31,22-7-12-24(32-4)13-8-22)23-9-14-25(33-5)15-10-23/h6-17,20,31H,18-19H2,1-5H3. The first-order valence-corrected chi connectivity index (χ1v) is 11.7. The van der Waals surface area contributed by atoms with Crippen molar-refractivity contribution in [2.75, 3.05) is 14.2 Å². The first-order chi connectivity index (χ1) is 16.8. The van der Waals surface area contributed by atoms with Crippen LogP contribution in [0.2, 0.25) is 0 Å². The molecule has 4 rings (SSSR count). The molecule has 6 nitrogen and oxygen atoms in total. The molecule has 0 bridgehead atoms. The SMILES string of the molecule is COc1ccc(C(O)(c2ccc(OC)cc2)c2ccc(CN(Cc3ccc(C)o3)C(C)C)o2)cc1. The molecule has 2 heterocycles. The summed E-state index contributed by atoms with van der Waals surface area (Å²) >= 11 is 0. The summed E-state index contributed by atoms with van der Waals surface area (Å²) in [5, 5.41) is 12.1. The van der Waals surface area contributed by atoms with E-state index < -0.39 is 5.60 Å². The van der Waals surface area contributed by atoms with E-state index in [2.05, 4.69) is 18.7 Å². The smallest absolute Gasteiger partial charge is 0.173 e. The summed E-state index contributed by atoms with van der Waals surface area (Å²) in [6.45, 7) is 7.48. The molecule has 0 fully saturated rings. The zero-order valence-electron chi connectivity index (χ0n) is 20.9. The number of benzene rings is 2. The molecule has 0 spiro atoms. The maximum Gasteiger partial charge on any atom is 0.173 e. The van der Waals surface area contributed by atoms with Gasteiger partial charge in [0, 0.05) is 6.04 Å². The van der Waals surface area contributed by atoms with Crippen molar-refractivity contribution in [1.29, 1.82) is 0 Å². The summed E-state index contributed by atoms with van der Waals surface area (Å²) in [5.41, 5.74) is -0.135. The van der Waals surface area contributed by atoms with Crippen LogP contribution in [0.25, 0.3) is 0 Å². The van der Waals surface area contributed by atoms with Crippen molar-refractivity contribution in [3.63, 3.8) is 0 Å². The van der Waals surface area contributed by atoms with Gasteiger partial charge in [0.2, 0.25) is 0 Å². The average Bonchev–Trinajstić information content (AvgIpc) is 3.52. The van der Waals surface area contributed by atoms with Crippen molar-refractivity contribution >= 4 is 0 Å². The molecule has 2 aromatic carbocycles. The molecule has 0 saturated heterocycles. The summed E-state index contributed by atoms with van der Waals surface area (Å²) in [4.78, 5) is 2.26.